The molecule has 0 saturated heterocycles. The van der Waals surface area contributed by atoms with Crippen molar-refractivity contribution in [3.05, 3.63) is 210 Å². The minimum atomic E-state index is -0.0425. The molecule has 0 saturated carbocycles. The number of para-hydroxylation sites is 1. The number of hydrogen-bond acceptors (Lipinski definition) is 1. The van der Waals surface area contributed by atoms with Crippen LogP contribution in [0.2, 0.25) is 0 Å². The Hall–Kier alpha value is -6.70. The summed E-state index contributed by atoms with van der Waals surface area (Å²) < 4.78 is 0. The van der Waals surface area contributed by atoms with Crippen LogP contribution in [0, 0.1) is 0 Å². The zero-order chi connectivity index (χ0) is 36.7. The van der Waals surface area contributed by atoms with Crippen molar-refractivity contribution in [2.24, 2.45) is 0 Å². The van der Waals surface area contributed by atoms with Crippen molar-refractivity contribution < 1.29 is 0 Å². The second kappa shape index (κ2) is 12.2. The van der Waals surface area contributed by atoms with Crippen LogP contribution in [0.1, 0.15) is 36.1 Å². The second-order valence-corrected chi connectivity index (χ2v) is 15.7. The van der Waals surface area contributed by atoms with Crippen LogP contribution in [0.15, 0.2) is 188 Å². The molecule has 0 fully saturated rings. The molecule has 9 aromatic carbocycles. The molecule has 0 unspecified atom stereocenters. The predicted octanol–water partition coefficient (Wildman–Crippen LogP) is 14.7. The van der Waals surface area contributed by atoms with E-state index in [0.717, 1.165) is 23.5 Å². The Morgan fingerprint density at radius 3 is 1.85 bits per heavy atom. The summed E-state index contributed by atoms with van der Waals surface area (Å²) in [4.78, 5) is 2.36. The fraction of sp³-hybridized carbons (Fsp3) is 0.0741. The van der Waals surface area contributed by atoms with E-state index in [1.807, 2.05) is 0 Å². The fourth-order valence-electron chi connectivity index (χ4n) is 9.58. The number of hydrogen-bond donors (Lipinski definition) is 0. The molecule has 0 amide bonds. The van der Waals surface area contributed by atoms with E-state index in [2.05, 4.69) is 207 Å². The van der Waals surface area contributed by atoms with Crippen LogP contribution in [0.4, 0.5) is 17.1 Å². The van der Waals surface area contributed by atoms with Crippen molar-refractivity contribution in [3.63, 3.8) is 0 Å². The molecule has 0 N–H and O–H groups in total. The topological polar surface area (TPSA) is 3.24 Å². The van der Waals surface area contributed by atoms with Crippen LogP contribution in [0.5, 0.6) is 0 Å². The largest absolute Gasteiger partial charge is 0.310 e. The molecule has 0 radical (unpaired) electrons. The Balaban J connectivity index is 0.999. The minimum absolute atomic E-state index is 0.0425. The average molecular weight is 702 g/mol. The van der Waals surface area contributed by atoms with Crippen LogP contribution >= 0.6 is 0 Å². The molecule has 0 bridgehead atoms. The summed E-state index contributed by atoms with van der Waals surface area (Å²) in [5.41, 5.74) is 19.6. The summed E-state index contributed by atoms with van der Waals surface area (Å²) in [6.45, 7) is 4.74. The van der Waals surface area contributed by atoms with E-state index in [0.29, 0.717) is 0 Å². The highest BCUT2D eigenvalue weighted by Crippen LogP contribution is 2.52. The molecule has 0 spiro atoms. The Morgan fingerprint density at radius 2 is 1.00 bits per heavy atom. The molecule has 11 rings (SSSR count). The van der Waals surface area contributed by atoms with Gasteiger partial charge in [0.05, 0.1) is 0 Å². The van der Waals surface area contributed by atoms with E-state index in [4.69, 9.17) is 0 Å². The highest BCUT2D eigenvalue weighted by Gasteiger charge is 2.35. The molecular formula is C54H39N. The summed E-state index contributed by atoms with van der Waals surface area (Å²) in [6.07, 6.45) is 0.920. The van der Waals surface area contributed by atoms with Crippen LogP contribution < -0.4 is 4.90 Å². The molecule has 2 aliphatic rings. The van der Waals surface area contributed by atoms with Gasteiger partial charge >= 0.3 is 0 Å². The summed E-state index contributed by atoms with van der Waals surface area (Å²) >= 11 is 0. The zero-order valence-electron chi connectivity index (χ0n) is 31.1. The third-order valence-corrected chi connectivity index (χ3v) is 12.3. The van der Waals surface area contributed by atoms with Gasteiger partial charge in [-0.3, -0.25) is 0 Å². The lowest BCUT2D eigenvalue weighted by Crippen LogP contribution is -2.14. The van der Waals surface area contributed by atoms with E-state index in [1.165, 1.54) is 88.3 Å². The van der Waals surface area contributed by atoms with Crippen molar-refractivity contribution in [3.8, 4) is 44.5 Å². The summed E-state index contributed by atoms with van der Waals surface area (Å²) in [6, 6.07) is 69.6. The number of rotatable bonds is 5. The fourth-order valence-corrected chi connectivity index (χ4v) is 9.58. The van der Waals surface area contributed by atoms with E-state index >= 15 is 0 Å². The third-order valence-electron chi connectivity index (χ3n) is 12.3. The summed E-state index contributed by atoms with van der Waals surface area (Å²) in [5, 5.41) is 5.15. The maximum absolute atomic E-state index is 2.48. The van der Waals surface area contributed by atoms with Crippen molar-refractivity contribution >= 4 is 38.6 Å². The van der Waals surface area contributed by atoms with Crippen LogP contribution in [-0.2, 0) is 11.8 Å². The van der Waals surface area contributed by atoms with E-state index in [9.17, 15) is 0 Å². The Morgan fingerprint density at radius 1 is 0.364 bits per heavy atom. The van der Waals surface area contributed by atoms with Gasteiger partial charge in [0.1, 0.15) is 0 Å². The van der Waals surface area contributed by atoms with Crippen LogP contribution in [0.25, 0.3) is 66.1 Å². The first-order valence-corrected chi connectivity index (χ1v) is 19.4. The molecule has 9 aromatic rings. The standard InChI is InChI=1S/C54H39N/c1-54(2)52-22-11-10-19-46(52)47-30-26-38(32-53(47)54)48-33-50-45-21-12-20-42(49(45)34-51(50)44-18-9-8-17-43(44)48)36-24-27-40(28-25-36)55(39-15-4-3-5-16-39)41-29-23-35-13-6-7-14-37(35)31-41/h3-33H,34H2,1-2H3. The Bertz CT molecular complexity index is 2970. The molecule has 260 valence electrons. The predicted molar refractivity (Wildman–Crippen MR) is 233 cm³/mol. The molecule has 0 atom stereocenters. The smallest absolute Gasteiger partial charge is 0.0468 e. The van der Waals surface area contributed by atoms with Gasteiger partial charge in [0.25, 0.3) is 0 Å². The molecular weight excluding hydrogens is 663 g/mol. The van der Waals surface area contributed by atoms with Gasteiger partial charge in [-0.2, -0.15) is 0 Å². The number of nitrogens with zero attached hydrogens (tertiary/aromatic N) is 1. The number of benzene rings is 9. The monoisotopic (exact) mass is 701 g/mol. The average Bonchev–Trinajstić information content (AvgIpc) is 3.73. The van der Waals surface area contributed by atoms with E-state index < -0.39 is 0 Å². The minimum Gasteiger partial charge on any atom is -0.310 e. The van der Waals surface area contributed by atoms with Crippen LogP contribution in [-0.4, -0.2) is 0 Å². The Kier molecular flexibility index (Phi) is 7.03. The van der Waals surface area contributed by atoms with Gasteiger partial charge in [-0.25, -0.2) is 0 Å². The molecule has 0 heterocycles. The second-order valence-electron chi connectivity index (χ2n) is 15.7. The van der Waals surface area contributed by atoms with Crippen LogP contribution in [0.3, 0.4) is 0 Å². The maximum atomic E-state index is 2.48. The number of fused-ring (bicyclic) bond motifs is 9. The highest BCUT2D eigenvalue weighted by molar-refractivity contribution is 6.06. The van der Waals surface area contributed by atoms with Crippen molar-refractivity contribution in [1.29, 1.82) is 0 Å². The van der Waals surface area contributed by atoms with Gasteiger partial charge < -0.3 is 4.90 Å². The Labute approximate surface area is 322 Å². The van der Waals surface area contributed by atoms with E-state index in [1.54, 1.807) is 0 Å². The number of anilines is 3. The molecule has 0 aliphatic heterocycles. The van der Waals surface area contributed by atoms with Gasteiger partial charge in [0.2, 0.25) is 0 Å². The first-order valence-electron chi connectivity index (χ1n) is 19.4. The lowest BCUT2D eigenvalue weighted by atomic mass is 9.81. The van der Waals surface area contributed by atoms with Crippen molar-refractivity contribution in [2.45, 2.75) is 25.7 Å². The maximum Gasteiger partial charge on any atom is 0.0468 e. The molecule has 1 nitrogen and oxygen atoms in total. The van der Waals surface area contributed by atoms with Gasteiger partial charge in [-0.05, 0) is 143 Å². The summed E-state index contributed by atoms with van der Waals surface area (Å²) in [7, 11) is 0. The highest BCUT2D eigenvalue weighted by atomic mass is 15.1. The van der Waals surface area contributed by atoms with Gasteiger partial charge in [0.15, 0.2) is 0 Å². The van der Waals surface area contributed by atoms with Crippen molar-refractivity contribution in [2.75, 3.05) is 4.90 Å². The molecule has 1 heteroatoms. The SMILES string of the molecule is CC1(C)c2ccccc2-c2ccc(-c3cc4c(c5ccccc35)Cc3c(-c5ccc(N(c6ccccc6)c6ccc7ccccc7c6)cc5)cccc3-4)cc21. The lowest BCUT2D eigenvalue weighted by Gasteiger charge is -2.26. The van der Waals surface area contributed by atoms with Crippen molar-refractivity contribution in [1.82, 2.24) is 0 Å². The lowest BCUT2D eigenvalue weighted by molar-refractivity contribution is 0.660. The molecule has 0 aromatic heterocycles. The normalized spacial score (nSPS) is 13.3. The molecule has 55 heavy (non-hydrogen) atoms. The summed E-state index contributed by atoms with van der Waals surface area (Å²) in [5.74, 6) is 0. The van der Waals surface area contributed by atoms with Gasteiger partial charge in [-0.15, -0.1) is 0 Å². The third kappa shape index (κ3) is 4.93. The zero-order valence-corrected chi connectivity index (χ0v) is 31.1. The first kappa shape index (κ1) is 31.8. The van der Waals surface area contributed by atoms with Gasteiger partial charge in [-0.1, -0.05) is 153 Å². The molecule has 2 aliphatic carbocycles. The van der Waals surface area contributed by atoms with E-state index in [-0.39, 0.29) is 5.41 Å². The van der Waals surface area contributed by atoms with Gasteiger partial charge in [0, 0.05) is 22.5 Å². The quantitative estimate of drug-likeness (QED) is 0.173. The first-order chi connectivity index (χ1) is 27.0.